The third-order valence-electron chi connectivity index (χ3n) is 3.34. The molecule has 0 aliphatic carbocycles. The van der Waals surface area contributed by atoms with Gasteiger partial charge in [0.25, 0.3) is 0 Å². The second-order valence-electron chi connectivity index (χ2n) is 4.73. The predicted octanol–water partition coefficient (Wildman–Crippen LogP) is 1.67. The molecule has 0 aromatic carbocycles. The van der Waals surface area contributed by atoms with Crippen molar-refractivity contribution in [2.45, 2.75) is 31.9 Å². The van der Waals surface area contributed by atoms with Crippen LogP contribution < -0.4 is 5.32 Å². The van der Waals surface area contributed by atoms with Gasteiger partial charge in [-0.1, -0.05) is 0 Å². The Morgan fingerprint density at radius 3 is 2.86 bits per heavy atom. The van der Waals surface area contributed by atoms with Crippen LogP contribution in [0.4, 0.5) is 4.39 Å². The van der Waals surface area contributed by atoms with Crippen LogP contribution in [0.25, 0.3) is 0 Å². The van der Waals surface area contributed by atoms with Crippen LogP contribution in [0.5, 0.6) is 0 Å². The van der Waals surface area contributed by atoms with Crippen LogP contribution in [0.15, 0.2) is 0 Å². The highest BCUT2D eigenvalue weighted by Gasteiger charge is 2.35. The summed E-state index contributed by atoms with van der Waals surface area (Å²) in [5.74, 6) is 0.217. The largest absolute Gasteiger partial charge is 0.320 e. The zero-order chi connectivity index (χ0) is 10.6. The van der Waals surface area contributed by atoms with Crippen LogP contribution >= 0.6 is 0 Å². The number of alkyl halides is 1. The summed E-state index contributed by atoms with van der Waals surface area (Å²) in [7, 11) is 3.96. The van der Waals surface area contributed by atoms with Gasteiger partial charge in [0.2, 0.25) is 0 Å². The average Bonchev–Trinajstić information content (AvgIpc) is 2.15. The van der Waals surface area contributed by atoms with Crippen molar-refractivity contribution in [2.75, 3.05) is 33.7 Å². The minimum absolute atomic E-state index is 0.217. The first kappa shape index (κ1) is 11.9. The highest BCUT2D eigenvalue weighted by Crippen LogP contribution is 2.32. The molecule has 0 radical (unpaired) electrons. The van der Waals surface area contributed by atoms with E-state index < -0.39 is 5.67 Å². The zero-order valence-corrected chi connectivity index (χ0v) is 9.65. The Kier molecular flexibility index (Phi) is 4.32. The topological polar surface area (TPSA) is 15.3 Å². The second kappa shape index (κ2) is 5.08. The van der Waals surface area contributed by atoms with Crippen LogP contribution in [-0.4, -0.2) is 44.3 Å². The fourth-order valence-corrected chi connectivity index (χ4v) is 2.23. The van der Waals surface area contributed by atoms with E-state index in [0.29, 0.717) is 6.42 Å². The van der Waals surface area contributed by atoms with E-state index in [4.69, 9.17) is 0 Å². The molecule has 0 spiro atoms. The first-order valence-electron chi connectivity index (χ1n) is 5.58. The highest BCUT2D eigenvalue weighted by atomic mass is 19.1. The van der Waals surface area contributed by atoms with E-state index in [2.05, 4.69) is 17.3 Å². The minimum Gasteiger partial charge on any atom is -0.320 e. The molecular weight excluding hydrogens is 179 g/mol. The Bertz CT molecular complexity index is 171. The molecule has 14 heavy (non-hydrogen) atoms. The molecule has 0 saturated carbocycles. The molecule has 3 heteroatoms. The number of likely N-dealkylation sites (tertiary alicyclic amines) is 1. The lowest BCUT2D eigenvalue weighted by Gasteiger charge is -2.37. The smallest absolute Gasteiger partial charge is 0.113 e. The van der Waals surface area contributed by atoms with Crippen LogP contribution in [0.1, 0.15) is 26.2 Å². The van der Waals surface area contributed by atoms with Gasteiger partial charge in [-0.2, -0.15) is 0 Å². The van der Waals surface area contributed by atoms with Gasteiger partial charge < -0.3 is 10.2 Å². The fraction of sp³-hybridized carbons (Fsp3) is 1.00. The Hall–Kier alpha value is -0.150. The van der Waals surface area contributed by atoms with Gasteiger partial charge in [-0.05, 0) is 53.4 Å². The van der Waals surface area contributed by atoms with Crippen molar-refractivity contribution in [1.82, 2.24) is 10.2 Å². The third kappa shape index (κ3) is 3.21. The summed E-state index contributed by atoms with van der Waals surface area (Å²) < 4.78 is 14.3. The molecule has 0 bridgehead atoms. The quantitative estimate of drug-likeness (QED) is 0.746. The monoisotopic (exact) mass is 202 g/mol. The van der Waals surface area contributed by atoms with E-state index in [0.717, 1.165) is 32.5 Å². The van der Waals surface area contributed by atoms with Crippen molar-refractivity contribution < 1.29 is 4.39 Å². The lowest BCUT2D eigenvalue weighted by atomic mass is 9.82. The molecule has 2 unspecified atom stereocenters. The molecule has 1 rings (SSSR count). The Labute approximate surface area is 86.9 Å². The summed E-state index contributed by atoms with van der Waals surface area (Å²) in [4.78, 5) is 2.24. The van der Waals surface area contributed by atoms with E-state index in [1.54, 1.807) is 6.92 Å². The molecule has 2 atom stereocenters. The number of piperidine rings is 1. The number of nitrogens with zero attached hydrogens (tertiary/aromatic N) is 1. The first-order valence-corrected chi connectivity index (χ1v) is 5.58. The van der Waals surface area contributed by atoms with Crippen LogP contribution in [-0.2, 0) is 0 Å². The molecular formula is C11H23FN2. The van der Waals surface area contributed by atoms with Gasteiger partial charge in [0.1, 0.15) is 5.67 Å². The van der Waals surface area contributed by atoms with Crippen molar-refractivity contribution in [3.8, 4) is 0 Å². The average molecular weight is 202 g/mol. The van der Waals surface area contributed by atoms with Crippen molar-refractivity contribution in [2.24, 2.45) is 5.92 Å². The maximum atomic E-state index is 14.3. The van der Waals surface area contributed by atoms with E-state index >= 15 is 0 Å². The Morgan fingerprint density at radius 1 is 1.57 bits per heavy atom. The molecule has 2 nitrogen and oxygen atoms in total. The molecule has 1 saturated heterocycles. The minimum atomic E-state index is -1.00. The van der Waals surface area contributed by atoms with Crippen molar-refractivity contribution in [3.63, 3.8) is 0 Å². The van der Waals surface area contributed by atoms with E-state index in [-0.39, 0.29) is 5.92 Å². The first-order chi connectivity index (χ1) is 6.56. The Morgan fingerprint density at radius 2 is 2.29 bits per heavy atom. The molecule has 0 aromatic heterocycles. The van der Waals surface area contributed by atoms with Gasteiger partial charge >= 0.3 is 0 Å². The zero-order valence-electron chi connectivity index (χ0n) is 9.65. The summed E-state index contributed by atoms with van der Waals surface area (Å²) in [5, 5.41) is 3.02. The second-order valence-corrected chi connectivity index (χ2v) is 4.73. The molecule has 0 aromatic rings. The van der Waals surface area contributed by atoms with E-state index in [1.807, 2.05) is 7.05 Å². The van der Waals surface area contributed by atoms with Crippen molar-refractivity contribution in [3.05, 3.63) is 0 Å². The standard InChI is InChI=1S/C11H23FN2/c1-11(12,6-7-13-2)10-5-4-8-14(3)9-10/h10,13H,4-9H2,1-3H3. The fourth-order valence-electron chi connectivity index (χ4n) is 2.23. The number of halogens is 1. The number of hydrogen-bond donors (Lipinski definition) is 1. The lowest BCUT2D eigenvalue weighted by Crippen LogP contribution is -2.43. The highest BCUT2D eigenvalue weighted by molar-refractivity contribution is 4.87. The Balaban J connectivity index is 2.43. The molecule has 1 aliphatic heterocycles. The van der Waals surface area contributed by atoms with E-state index in [9.17, 15) is 4.39 Å². The summed E-state index contributed by atoms with van der Waals surface area (Å²) >= 11 is 0. The number of rotatable bonds is 4. The van der Waals surface area contributed by atoms with Crippen molar-refractivity contribution in [1.29, 1.82) is 0 Å². The summed E-state index contributed by atoms with van der Waals surface area (Å²) in [6.07, 6.45) is 2.81. The van der Waals surface area contributed by atoms with Gasteiger partial charge in [0, 0.05) is 12.5 Å². The summed E-state index contributed by atoms with van der Waals surface area (Å²) in [6.45, 7) is 4.57. The maximum absolute atomic E-state index is 14.3. The third-order valence-corrected chi connectivity index (χ3v) is 3.34. The normalized spacial score (nSPS) is 28.7. The van der Waals surface area contributed by atoms with Crippen molar-refractivity contribution >= 4 is 0 Å². The van der Waals surface area contributed by atoms with Gasteiger partial charge in [0.15, 0.2) is 0 Å². The number of nitrogens with one attached hydrogen (secondary N) is 1. The van der Waals surface area contributed by atoms with E-state index in [1.165, 1.54) is 0 Å². The van der Waals surface area contributed by atoms with Crippen LogP contribution in [0.2, 0.25) is 0 Å². The molecule has 0 amide bonds. The molecule has 1 fully saturated rings. The van der Waals surface area contributed by atoms with Gasteiger partial charge in [0.05, 0.1) is 0 Å². The molecule has 84 valence electrons. The van der Waals surface area contributed by atoms with Crippen LogP contribution in [0.3, 0.4) is 0 Å². The van der Waals surface area contributed by atoms with Gasteiger partial charge in [-0.3, -0.25) is 0 Å². The molecule has 1 N–H and O–H groups in total. The summed E-state index contributed by atoms with van der Waals surface area (Å²) in [5.41, 5.74) is -1.00. The SMILES string of the molecule is CNCCC(C)(F)C1CCCN(C)C1. The van der Waals surface area contributed by atoms with Gasteiger partial charge in [-0.15, -0.1) is 0 Å². The maximum Gasteiger partial charge on any atom is 0.113 e. The van der Waals surface area contributed by atoms with Gasteiger partial charge in [-0.25, -0.2) is 4.39 Å². The summed E-state index contributed by atoms with van der Waals surface area (Å²) in [6, 6.07) is 0. The molecule has 1 aliphatic rings. The van der Waals surface area contributed by atoms with Crippen LogP contribution in [0, 0.1) is 5.92 Å². The molecule has 1 heterocycles. The number of hydrogen-bond acceptors (Lipinski definition) is 2. The predicted molar refractivity (Wildman–Crippen MR) is 58.3 cm³/mol. The lowest BCUT2D eigenvalue weighted by molar-refractivity contribution is 0.0414.